The summed E-state index contributed by atoms with van der Waals surface area (Å²) in [4.78, 5) is 11.2. The molecule has 3 nitrogen and oxygen atoms in total. The van der Waals surface area contributed by atoms with Crippen molar-refractivity contribution in [3.8, 4) is 0 Å². The highest BCUT2D eigenvalue weighted by Crippen LogP contribution is 2.13. The summed E-state index contributed by atoms with van der Waals surface area (Å²) in [5.41, 5.74) is 0. The summed E-state index contributed by atoms with van der Waals surface area (Å²) < 4.78 is 40.3. The lowest BCUT2D eigenvalue weighted by atomic mass is 10.1. The van der Waals surface area contributed by atoms with Gasteiger partial charge in [-0.3, -0.25) is 10.1 Å². The van der Waals surface area contributed by atoms with Gasteiger partial charge < -0.3 is 4.74 Å². The van der Waals surface area contributed by atoms with Crippen LogP contribution in [0.4, 0.5) is 13.2 Å². The van der Waals surface area contributed by atoms with Crippen LogP contribution in [0.25, 0.3) is 0 Å². The van der Waals surface area contributed by atoms with Gasteiger partial charge in [-0.05, 0) is 24.9 Å². The Hall–Kier alpha value is -0.430. The molecular formula is C9H16F3NO2S. The Labute approximate surface area is 97.1 Å². The first kappa shape index (κ1) is 15.6. The number of carbonyl (C=O) groups excluding carboxylic acids is 1. The molecule has 0 aromatic carbocycles. The van der Waals surface area contributed by atoms with E-state index in [0.717, 1.165) is 5.75 Å². The fourth-order valence-electron chi connectivity index (χ4n) is 1.12. The van der Waals surface area contributed by atoms with E-state index in [1.807, 2.05) is 6.26 Å². The average molecular weight is 259 g/mol. The van der Waals surface area contributed by atoms with E-state index in [1.54, 1.807) is 11.8 Å². The highest BCUT2D eigenvalue weighted by Gasteiger charge is 2.30. The third kappa shape index (κ3) is 7.81. The van der Waals surface area contributed by atoms with Crippen molar-refractivity contribution in [3.05, 3.63) is 0 Å². The summed E-state index contributed by atoms with van der Waals surface area (Å²) in [6, 6.07) is -0.876. The quantitative estimate of drug-likeness (QED) is 0.559. The number of thioether (sulfide) groups is 1. The molecule has 0 heterocycles. The van der Waals surface area contributed by atoms with Gasteiger partial charge in [0.25, 0.3) is 0 Å². The van der Waals surface area contributed by atoms with Gasteiger partial charge in [0.15, 0.2) is 0 Å². The Balaban J connectivity index is 4.06. The highest BCUT2D eigenvalue weighted by molar-refractivity contribution is 7.98. The van der Waals surface area contributed by atoms with Crippen molar-refractivity contribution in [2.24, 2.45) is 0 Å². The van der Waals surface area contributed by atoms with Crippen LogP contribution >= 0.6 is 11.8 Å². The lowest BCUT2D eigenvalue weighted by Gasteiger charge is -2.17. The van der Waals surface area contributed by atoms with Gasteiger partial charge in [-0.15, -0.1) is 0 Å². The van der Waals surface area contributed by atoms with Crippen molar-refractivity contribution < 1.29 is 22.7 Å². The van der Waals surface area contributed by atoms with E-state index in [4.69, 9.17) is 0 Å². The molecule has 0 saturated heterocycles. The van der Waals surface area contributed by atoms with E-state index in [-0.39, 0.29) is 0 Å². The van der Waals surface area contributed by atoms with Gasteiger partial charge in [0, 0.05) is 0 Å². The molecule has 1 unspecified atom stereocenters. The van der Waals surface area contributed by atoms with Crippen molar-refractivity contribution >= 4 is 17.7 Å². The predicted octanol–water partition coefficient (Wildman–Crippen LogP) is 1.82. The molecule has 1 atom stereocenters. The van der Waals surface area contributed by atoms with Gasteiger partial charge in [-0.1, -0.05) is 0 Å². The molecule has 7 heteroatoms. The largest absolute Gasteiger partial charge is 0.468 e. The predicted molar refractivity (Wildman–Crippen MR) is 57.5 cm³/mol. The normalized spacial score (nSPS) is 13.6. The minimum Gasteiger partial charge on any atom is -0.468 e. The van der Waals surface area contributed by atoms with E-state index in [2.05, 4.69) is 10.1 Å². The Morgan fingerprint density at radius 2 is 2.12 bits per heavy atom. The van der Waals surface area contributed by atoms with Crippen molar-refractivity contribution in [2.75, 3.05) is 25.7 Å². The summed E-state index contributed by atoms with van der Waals surface area (Å²) in [6.07, 6.45) is -1.39. The minimum absolute atomic E-state index is 0.351. The van der Waals surface area contributed by atoms with Gasteiger partial charge >= 0.3 is 12.1 Å². The van der Waals surface area contributed by atoms with E-state index in [0.29, 0.717) is 12.8 Å². The topological polar surface area (TPSA) is 38.3 Å². The fourth-order valence-corrected chi connectivity index (χ4v) is 1.57. The van der Waals surface area contributed by atoms with Gasteiger partial charge in [-0.2, -0.15) is 24.9 Å². The molecule has 0 bridgehead atoms. The molecule has 0 amide bonds. The molecule has 0 radical (unpaired) electrons. The van der Waals surface area contributed by atoms with Gasteiger partial charge in [-0.25, -0.2) is 0 Å². The number of carbonyl (C=O) groups is 1. The van der Waals surface area contributed by atoms with E-state index < -0.39 is 24.7 Å². The first-order valence-corrected chi connectivity index (χ1v) is 6.17. The number of halogens is 3. The van der Waals surface area contributed by atoms with Crippen LogP contribution in [0.2, 0.25) is 0 Å². The Morgan fingerprint density at radius 1 is 1.50 bits per heavy atom. The second-order valence-electron chi connectivity index (χ2n) is 3.21. The van der Waals surface area contributed by atoms with Crippen LogP contribution in [0, 0.1) is 0 Å². The van der Waals surface area contributed by atoms with E-state index in [1.165, 1.54) is 7.11 Å². The van der Waals surface area contributed by atoms with Crippen molar-refractivity contribution in [1.82, 2.24) is 5.32 Å². The molecule has 0 aromatic rings. The van der Waals surface area contributed by atoms with E-state index >= 15 is 0 Å². The first-order chi connectivity index (χ1) is 7.40. The summed E-state index contributed by atoms with van der Waals surface area (Å²) in [5.74, 6) is 0.159. The molecule has 0 aliphatic carbocycles. The molecule has 0 saturated carbocycles. The lowest BCUT2D eigenvalue weighted by Crippen LogP contribution is -2.42. The second-order valence-corrected chi connectivity index (χ2v) is 4.19. The zero-order chi connectivity index (χ0) is 12.6. The lowest BCUT2D eigenvalue weighted by molar-refractivity contribution is -0.146. The summed E-state index contributed by atoms with van der Waals surface area (Å²) in [6.45, 7) is -1.17. The van der Waals surface area contributed by atoms with Gasteiger partial charge in [0.1, 0.15) is 6.04 Å². The second kappa shape index (κ2) is 7.78. The molecule has 16 heavy (non-hydrogen) atoms. The molecule has 0 rings (SSSR count). The van der Waals surface area contributed by atoms with Crippen molar-refractivity contribution in [2.45, 2.75) is 25.1 Å². The number of rotatable bonds is 7. The molecule has 0 fully saturated rings. The standard InChI is InChI=1S/C9H16F3NO2S/c1-15-8(14)7(4-3-5-16-2)13-6-9(10,11)12/h7,13H,3-6H2,1-2H3. The van der Waals surface area contributed by atoms with Crippen LogP contribution in [0.5, 0.6) is 0 Å². The molecule has 0 aromatic heterocycles. The van der Waals surface area contributed by atoms with Crippen molar-refractivity contribution in [1.29, 1.82) is 0 Å². The van der Waals surface area contributed by atoms with Crippen LogP contribution in [0.1, 0.15) is 12.8 Å². The van der Waals surface area contributed by atoms with Crippen LogP contribution < -0.4 is 5.32 Å². The third-order valence-corrected chi connectivity index (χ3v) is 2.57. The average Bonchev–Trinajstić information content (AvgIpc) is 2.20. The van der Waals surface area contributed by atoms with E-state index in [9.17, 15) is 18.0 Å². The summed E-state index contributed by atoms with van der Waals surface area (Å²) in [5, 5.41) is 2.16. The van der Waals surface area contributed by atoms with Gasteiger partial charge in [0.05, 0.1) is 13.7 Å². The number of hydrogen-bond acceptors (Lipinski definition) is 4. The fraction of sp³-hybridized carbons (Fsp3) is 0.889. The Bertz CT molecular complexity index is 211. The number of alkyl halides is 3. The number of nitrogens with one attached hydrogen (secondary N) is 1. The molecule has 96 valence electrons. The molecule has 0 aliphatic rings. The van der Waals surface area contributed by atoms with Crippen LogP contribution in [0.3, 0.4) is 0 Å². The Kier molecular flexibility index (Phi) is 7.57. The Morgan fingerprint density at radius 3 is 2.56 bits per heavy atom. The number of hydrogen-bond donors (Lipinski definition) is 1. The highest BCUT2D eigenvalue weighted by atomic mass is 32.2. The van der Waals surface area contributed by atoms with Crippen LogP contribution in [-0.4, -0.2) is 43.9 Å². The molecule has 0 spiro atoms. The van der Waals surface area contributed by atoms with Crippen molar-refractivity contribution in [3.63, 3.8) is 0 Å². The zero-order valence-corrected chi connectivity index (χ0v) is 10.1. The summed E-state index contributed by atoms with van der Waals surface area (Å²) in [7, 11) is 1.17. The maximum absolute atomic E-state index is 12.0. The zero-order valence-electron chi connectivity index (χ0n) is 9.26. The number of ether oxygens (including phenoxy) is 1. The maximum atomic E-state index is 12.0. The SMILES string of the molecule is COC(=O)C(CCCSC)NCC(F)(F)F. The maximum Gasteiger partial charge on any atom is 0.401 e. The molecule has 1 N–H and O–H groups in total. The van der Waals surface area contributed by atoms with Crippen LogP contribution in [0.15, 0.2) is 0 Å². The number of methoxy groups -OCH3 is 1. The molecular weight excluding hydrogens is 243 g/mol. The first-order valence-electron chi connectivity index (χ1n) is 4.77. The number of esters is 1. The smallest absolute Gasteiger partial charge is 0.401 e. The monoisotopic (exact) mass is 259 g/mol. The summed E-state index contributed by atoms with van der Waals surface area (Å²) >= 11 is 1.58. The third-order valence-electron chi connectivity index (χ3n) is 1.88. The minimum atomic E-state index is -4.31. The van der Waals surface area contributed by atoms with Gasteiger partial charge in [0.2, 0.25) is 0 Å². The molecule has 0 aliphatic heterocycles. The van der Waals surface area contributed by atoms with Crippen LogP contribution in [-0.2, 0) is 9.53 Å².